The van der Waals surface area contributed by atoms with Crippen LogP contribution in [0, 0.1) is 6.92 Å². The van der Waals surface area contributed by atoms with Crippen LogP contribution < -0.4 is 5.56 Å². The molecule has 3 aromatic carbocycles. The number of ketones is 1. The lowest BCUT2D eigenvalue weighted by Crippen LogP contribution is -2.24. The van der Waals surface area contributed by atoms with Gasteiger partial charge in [-0.2, -0.15) is 0 Å². The molecule has 1 N–H and O–H groups in total. The maximum absolute atomic E-state index is 13.5. The van der Waals surface area contributed by atoms with Crippen molar-refractivity contribution < 1.29 is 14.7 Å². The summed E-state index contributed by atoms with van der Waals surface area (Å²) >= 11 is 1.17. The molecular weight excluding hydrogens is 424 g/mol. The molecule has 0 amide bonds. The molecular formula is C25H20N2O4S. The number of aryl methyl sites for hydroxylation is 1. The highest BCUT2D eigenvalue weighted by Gasteiger charge is 2.22. The van der Waals surface area contributed by atoms with Gasteiger partial charge >= 0.3 is 5.97 Å². The van der Waals surface area contributed by atoms with Gasteiger partial charge in [0.1, 0.15) is 0 Å². The number of hydrogen-bond donors (Lipinski definition) is 1. The summed E-state index contributed by atoms with van der Waals surface area (Å²) in [6.07, 6.45) is 0. The number of carboxylic acids is 1. The minimum atomic E-state index is -1.10. The molecule has 0 bridgehead atoms. The van der Waals surface area contributed by atoms with Gasteiger partial charge in [0.2, 0.25) is 0 Å². The van der Waals surface area contributed by atoms with Gasteiger partial charge in [0.05, 0.1) is 27.4 Å². The molecule has 4 aromatic rings. The summed E-state index contributed by atoms with van der Waals surface area (Å²) < 4.78 is 1.50. The fourth-order valence-corrected chi connectivity index (χ4v) is 4.45. The van der Waals surface area contributed by atoms with Crippen LogP contribution in [0.5, 0.6) is 0 Å². The zero-order chi connectivity index (χ0) is 22.8. The summed E-state index contributed by atoms with van der Waals surface area (Å²) in [5.74, 6) is -1.18. The van der Waals surface area contributed by atoms with Crippen LogP contribution in [0.4, 0.5) is 0 Å². The van der Waals surface area contributed by atoms with Crippen molar-refractivity contribution in [1.82, 2.24) is 9.55 Å². The van der Waals surface area contributed by atoms with Crippen LogP contribution in [0.2, 0.25) is 0 Å². The lowest BCUT2D eigenvalue weighted by molar-refractivity contribution is 0.0696. The first-order chi connectivity index (χ1) is 15.4. The number of benzene rings is 3. The van der Waals surface area contributed by atoms with Gasteiger partial charge in [-0.1, -0.05) is 60.3 Å². The van der Waals surface area contributed by atoms with Crippen molar-refractivity contribution in [2.75, 3.05) is 0 Å². The van der Waals surface area contributed by atoms with Crippen molar-refractivity contribution in [1.29, 1.82) is 0 Å². The van der Waals surface area contributed by atoms with E-state index in [-0.39, 0.29) is 22.4 Å². The Kier molecular flexibility index (Phi) is 5.92. The topological polar surface area (TPSA) is 89.3 Å². The summed E-state index contributed by atoms with van der Waals surface area (Å²) in [5, 5.41) is 9.46. The van der Waals surface area contributed by atoms with Gasteiger partial charge in [0, 0.05) is 5.56 Å². The van der Waals surface area contributed by atoms with Crippen LogP contribution >= 0.6 is 11.8 Å². The van der Waals surface area contributed by atoms with Gasteiger partial charge in [0.15, 0.2) is 10.9 Å². The average Bonchev–Trinajstić information content (AvgIpc) is 2.79. The molecule has 7 heteroatoms. The van der Waals surface area contributed by atoms with Gasteiger partial charge in [-0.25, -0.2) is 9.78 Å². The maximum atomic E-state index is 13.5. The molecule has 0 radical (unpaired) electrons. The minimum absolute atomic E-state index is 0.0439. The normalized spacial score (nSPS) is 11.9. The molecule has 160 valence electrons. The summed E-state index contributed by atoms with van der Waals surface area (Å²) in [6.45, 7) is 3.67. The van der Waals surface area contributed by atoms with Gasteiger partial charge in [-0.3, -0.25) is 14.2 Å². The van der Waals surface area contributed by atoms with Crippen LogP contribution in [0.3, 0.4) is 0 Å². The van der Waals surface area contributed by atoms with E-state index in [1.807, 2.05) is 37.3 Å². The summed E-state index contributed by atoms with van der Waals surface area (Å²) in [4.78, 5) is 42.5. The van der Waals surface area contributed by atoms with E-state index in [9.17, 15) is 19.5 Å². The SMILES string of the molecule is Cc1ccccc1-n1c(S[C@H](C)C(=O)c2ccccc2)nc2cc(C(=O)O)ccc2c1=O. The molecule has 0 spiro atoms. The fraction of sp³-hybridized carbons (Fsp3) is 0.120. The molecule has 0 unspecified atom stereocenters. The predicted octanol–water partition coefficient (Wildman–Crippen LogP) is 4.76. The van der Waals surface area contributed by atoms with E-state index in [0.29, 0.717) is 21.8 Å². The maximum Gasteiger partial charge on any atom is 0.335 e. The highest BCUT2D eigenvalue weighted by atomic mass is 32.2. The molecule has 32 heavy (non-hydrogen) atoms. The Morgan fingerprint density at radius 2 is 1.66 bits per heavy atom. The number of carbonyl (C=O) groups excluding carboxylic acids is 1. The number of carbonyl (C=O) groups is 2. The summed E-state index contributed by atoms with van der Waals surface area (Å²) in [5.41, 5.74) is 2.12. The van der Waals surface area contributed by atoms with Crippen molar-refractivity contribution in [2.45, 2.75) is 24.3 Å². The number of hydrogen-bond acceptors (Lipinski definition) is 5. The van der Waals surface area contributed by atoms with E-state index in [1.165, 1.54) is 34.5 Å². The van der Waals surface area contributed by atoms with Gasteiger partial charge in [-0.05, 0) is 43.7 Å². The smallest absolute Gasteiger partial charge is 0.335 e. The van der Waals surface area contributed by atoms with Crippen LogP contribution in [0.15, 0.2) is 82.7 Å². The van der Waals surface area contributed by atoms with E-state index < -0.39 is 11.2 Å². The molecule has 4 rings (SSSR count). The molecule has 1 aromatic heterocycles. The molecule has 0 fully saturated rings. The van der Waals surface area contributed by atoms with Crippen LogP contribution in [0.25, 0.3) is 16.6 Å². The molecule has 0 aliphatic heterocycles. The molecule has 0 aliphatic carbocycles. The van der Waals surface area contributed by atoms with Crippen LogP contribution in [0.1, 0.15) is 33.2 Å². The zero-order valence-corrected chi connectivity index (χ0v) is 18.3. The number of nitrogens with zero attached hydrogens (tertiary/aromatic N) is 2. The van der Waals surface area contributed by atoms with E-state index in [4.69, 9.17) is 0 Å². The number of rotatable bonds is 6. The van der Waals surface area contributed by atoms with E-state index in [0.717, 1.165) is 5.56 Å². The molecule has 1 heterocycles. The summed E-state index contributed by atoms with van der Waals surface area (Å²) in [7, 11) is 0. The molecule has 6 nitrogen and oxygen atoms in total. The first-order valence-corrected chi connectivity index (χ1v) is 10.9. The van der Waals surface area contributed by atoms with Crippen molar-refractivity contribution in [3.8, 4) is 5.69 Å². The minimum Gasteiger partial charge on any atom is -0.478 e. The Morgan fingerprint density at radius 1 is 0.969 bits per heavy atom. The molecule has 1 atom stereocenters. The highest BCUT2D eigenvalue weighted by molar-refractivity contribution is 8.00. The summed E-state index contributed by atoms with van der Waals surface area (Å²) in [6, 6.07) is 20.6. The second-order valence-corrected chi connectivity index (χ2v) is 8.66. The first-order valence-electron chi connectivity index (χ1n) is 9.99. The predicted molar refractivity (Wildman–Crippen MR) is 125 cm³/mol. The number of aromatic carboxylic acids is 1. The van der Waals surface area contributed by atoms with Crippen molar-refractivity contribution in [2.24, 2.45) is 0 Å². The third kappa shape index (κ3) is 4.07. The van der Waals surface area contributed by atoms with E-state index >= 15 is 0 Å². The first kappa shape index (κ1) is 21.5. The third-order valence-corrected chi connectivity index (χ3v) is 6.20. The standard InChI is InChI=1S/C25H20N2O4S/c1-15-8-6-7-11-21(15)27-23(29)19-13-12-18(24(30)31)14-20(19)26-25(27)32-16(2)22(28)17-9-4-3-5-10-17/h3-14,16H,1-2H3,(H,30,31)/t16-/m1/s1. The van der Waals surface area contributed by atoms with Crippen molar-refractivity contribution in [3.63, 3.8) is 0 Å². The Bertz CT molecular complexity index is 1400. The Balaban J connectivity index is 1.89. The lowest BCUT2D eigenvalue weighted by Gasteiger charge is -2.17. The van der Waals surface area contributed by atoms with Crippen LogP contribution in [-0.4, -0.2) is 31.7 Å². The number of fused-ring (bicyclic) bond motifs is 1. The van der Waals surface area contributed by atoms with Gasteiger partial charge in [-0.15, -0.1) is 0 Å². The third-order valence-electron chi connectivity index (χ3n) is 5.15. The monoisotopic (exact) mass is 444 g/mol. The second-order valence-electron chi connectivity index (χ2n) is 7.35. The lowest BCUT2D eigenvalue weighted by atomic mass is 10.1. The van der Waals surface area contributed by atoms with Crippen LogP contribution in [-0.2, 0) is 0 Å². The number of para-hydroxylation sites is 1. The highest BCUT2D eigenvalue weighted by Crippen LogP contribution is 2.28. The molecule has 0 saturated heterocycles. The Labute approximate surface area is 188 Å². The van der Waals surface area contributed by atoms with Crippen molar-refractivity contribution >= 4 is 34.4 Å². The Morgan fingerprint density at radius 3 is 2.34 bits per heavy atom. The quantitative estimate of drug-likeness (QED) is 0.262. The molecule has 0 aliphatic rings. The van der Waals surface area contributed by atoms with E-state index in [2.05, 4.69) is 4.98 Å². The number of Topliss-reactive ketones (excluding diaryl/α,β-unsaturated/α-hetero) is 1. The number of carboxylic acid groups (broad SMARTS) is 1. The van der Waals surface area contributed by atoms with E-state index in [1.54, 1.807) is 31.2 Å². The number of aromatic nitrogens is 2. The molecule has 0 saturated carbocycles. The fourth-order valence-electron chi connectivity index (χ4n) is 3.45. The zero-order valence-electron chi connectivity index (χ0n) is 17.5. The Hall–Kier alpha value is -3.71. The van der Waals surface area contributed by atoms with Gasteiger partial charge in [0.25, 0.3) is 5.56 Å². The number of thioether (sulfide) groups is 1. The van der Waals surface area contributed by atoms with Crippen molar-refractivity contribution in [3.05, 3.63) is 99.8 Å². The van der Waals surface area contributed by atoms with Gasteiger partial charge < -0.3 is 5.11 Å². The largest absolute Gasteiger partial charge is 0.478 e. The second kappa shape index (κ2) is 8.80. The average molecular weight is 445 g/mol.